The molecule has 104 valence electrons. The molecule has 0 unspecified atom stereocenters. The summed E-state index contributed by atoms with van der Waals surface area (Å²) in [6, 6.07) is 5.93. The van der Waals surface area contributed by atoms with Gasteiger partial charge in [-0.25, -0.2) is 4.79 Å². The molecule has 0 fully saturated rings. The normalized spacial score (nSPS) is 11.9. The number of nitro benzene ring substituents is 1. The summed E-state index contributed by atoms with van der Waals surface area (Å²) in [6.07, 6.45) is 0.675. The number of fused-ring (bicyclic) bond motifs is 1. The van der Waals surface area contributed by atoms with Gasteiger partial charge < -0.3 is 9.47 Å². The summed E-state index contributed by atoms with van der Waals surface area (Å²) in [7, 11) is 1.26. The van der Waals surface area contributed by atoms with Crippen molar-refractivity contribution in [3.05, 3.63) is 40.6 Å². The predicted octanol–water partition coefficient (Wildman–Crippen LogP) is 2.08. The van der Waals surface area contributed by atoms with Crippen molar-refractivity contribution in [3.8, 4) is 5.75 Å². The van der Waals surface area contributed by atoms with Gasteiger partial charge in [-0.15, -0.1) is 0 Å². The molecule has 1 aromatic carbocycles. The van der Waals surface area contributed by atoms with E-state index in [4.69, 9.17) is 4.74 Å². The first-order valence-electron chi connectivity index (χ1n) is 5.81. The highest BCUT2D eigenvalue weighted by molar-refractivity contribution is 5.92. The Morgan fingerprint density at radius 3 is 2.80 bits per heavy atom. The number of carbonyl (C=O) groups is 1. The van der Waals surface area contributed by atoms with E-state index in [-0.39, 0.29) is 5.69 Å². The van der Waals surface area contributed by atoms with Gasteiger partial charge in [-0.3, -0.25) is 15.1 Å². The summed E-state index contributed by atoms with van der Waals surface area (Å²) in [4.78, 5) is 25.9. The summed E-state index contributed by atoms with van der Waals surface area (Å²) < 4.78 is 10.0. The third-order valence-electron chi connectivity index (χ3n) is 2.74. The lowest BCUT2D eigenvalue weighted by Gasteiger charge is -2.13. The van der Waals surface area contributed by atoms with Crippen molar-refractivity contribution in [2.45, 2.75) is 13.0 Å². The third-order valence-corrected chi connectivity index (χ3v) is 2.74. The van der Waals surface area contributed by atoms with Gasteiger partial charge in [0.1, 0.15) is 11.3 Å². The molecule has 0 amide bonds. The van der Waals surface area contributed by atoms with Gasteiger partial charge in [-0.2, -0.15) is 0 Å². The molecule has 0 radical (unpaired) electrons. The average Bonchev–Trinajstić information content (AvgIpc) is 2.46. The first kappa shape index (κ1) is 13.7. The molecule has 0 spiro atoms. The molecule has 1 aromatic heterocycles. The summed E-state index contributed by atoms with van der Waals surface area (Å²) >= 11 is 0. The minimum atomic E-state index is -0.827. The van der Waals surface area contributed by atoms with Gasteiger partial charge in [-0.05, 0) is 25.1 Å². The zero-order valence-electron chi connectivity index (χ0n) is 10.9. The van der Waals surface area contributed by atoms with Crippen LogP contribution in [-0.4, -0.2) is 29.1 Å². The van der Waals surface area contributed by atoms with Crippen molar-refractivity contribution in [1.82, 2.24) is 4.98 Å². The van der Waals surface area contributed by atoms with Crippen LogP contribution in [0, 0.1) is 10.1 Å². The Hall–Kier alpha value is -2.70. The van der Waals surface area contributed by atoms with Gasteiger partial charge >= 0.3 is 5.97 Å². The molecule has 0 aliphatic heterocycles. The van der Waals surface area contributed by atoms with Crippen molar-refractivity contribution in [2.24, 2.45) is 0 Å². The fourth-order valence-electron chi connectivity index (χ4n) is 1.79. The predicted molar refractivity (Wildman–Crippen MR) is 70.5 cm³/mol. The molecule has 0 bridgehead atoms. The highest BCUT2D eigenvalue weighted by Gasteiger charge is 2.20. The van der Waals surface area contributed by atoms with Gasteiger partial charge in [0.05, 0.1) is 17.4 Å². The van der Waals surface area contributed by atoms with E-state index in [0.717, 1.165) is 0 Å². The average molecular weight is 276 g/mol. The number of carbonyl (C=O) groups excluding carboxylic acids is 1. The van der Waals surface area contributed by atoms with E-state index in [1.807, 2.05) is 0 Å². The van der Waals surface area contributed by atoms with Crippen LogP contribution >= 0.6 is 0 Å². The van der Waals surface area contributed by atoms with Crippen LogP contribution in [0.1, 0.15) is 6.92 Å². The van der Waals surface area contributed by atoms with Crippen molar-refractivity contribution < 1.29 is 19.2 Å². The third kappa shape index (κ3) is 2.51. The lowest BCUT2D eigenvalue weighted by atomic mass is 10.1. The summed E-state index contributed by atoms with van der Waals surface area (Å²) in [5, 5.41) is 11.3. The second-order valence-electron chi connectivity index (χ2n) is 4.02. The van der Waals surface area contributed by atoms with E-state index in [1.165, 1.54) is 32.4 Å². The fourth-order valence-corrected chi connectivity index (χ4v) is 1.79. The molecular weight excluding hydrogens is 264 g/mol. The maximum absolute atomic E-state index is 11.4. The number of rotatable bonds is 4. The number of hydrogen-bond donors (Lipinski definition) is 0. The largest absolute Gasteiger partial charge is 0.477 e. The van der Waals surface area contributed by atoms with Crippen LogP contribution in [0.4, 0.5) is 5.69 Å². The molecule has 0 aliphatic rings. The molecule has 2 rings (SSSR count). The van der Waals surface area contributed by atoms with Crippen molar-refractivity contribution in [2.75, 3.05) is 7.11 Å². The van der Waals surface area contributed by atoms with Gasteiger partial charge in [-0.1, -0.05) is 0 Å². The zero-order valence-corrected chi connectivity index (χ0v) is 10.9. The number of pyridine rings is 1. The number of nitro groups is 1. The second kappa shape index (κ2) is 5.52. The summed E-state index contributed by atoms with van der Waals surface area (Å²) in [6.45, 7) is 1.53. The van der Waals surface area contributed by atoms with E-state index in [1.54, 1.807) is 12.1 Å². The molecular formula is C13H12N2O5. The summed E-state index contributed by atoms with van der Waals surface area (Å²) in [5.41, 5.74) is 0.267. The van der Waals surface area contributed by atoms with E-state index >= 15 is 0 Å². The van der Waals surface area contributed by atoms with Gasteiger partial charge in [0.2, 0.25) is 0 Å². The van der Waals surface area contributed by atoms with Crippen molar-refractivity contribution in [3.63, 3.8) is 0 Å². The number of nitrogens with zero attached hydrogens (tertiary/aromatic N) is 2. The Morgan fingerprint density at radius 2 is 2.15 bits per heavy atom. The van der Waals surface area contributed by atoms with Crippen LogP contribution in [-0.2, 0) is 9.53 Å². The number of benzene rings is 1. The molecule has 1 atom stereocenters. The molecule has 2 aromatic rings. The van der Waals surface area contributed by atoms with E-state index < -0.39 is 17.0 Å². The second-order valence-corrected chi connectivity index (χ2v) is 4.02. The maximum atomic E-state index is 11.4. The maximum Gasteiger partial charge on any atom is 0.346 e. The first-order chi connectivity index (χ1) is 9.54. The van der Waals surface area contributed by atoms with Gasteiger partial charge in [0, 0.05) is 12.3 Å². The fraction of sp³-hybridized carbons (Fsp3) is 0.231. The van der Waals surface area contributed by atoms with Crippen molar-refractivity contribution >= 4 is 22.6 Å². The Balaban J connectivity index is 2.48. The van der Waals surface area contributed by atoms with Crippen LogP contribution in [0.25, 0.3) is 10.9 Å². The van der Waals surface area contributed by atoms with Crippen LogP contribution in [0.3, 0.4) is 0 Å². The molecule has 7 nitrogen and oxygen atoms in total. The Kier molecular flexibility index (Phi) is 3.79. The summed E-state index contributed by atoms with van der Waals surface area (Å²) in [5.74, 6) is -0.239. The number of ether oxygens (including phenoxy) is 2. The van der Waals surface area contributed by atoms with E-state index in [9.17, 15) is 14.9 Å². The van der Waals surface area contributed by atoms with Crippen LogP contribution in [0.2, 0.25) is 0 Å². The van der Waals surface area contributed by atoms with Crippen LogP contribution < -0.4 is 4.74 Å². The molecule has 0 N–H and O–H groups in total. The van der Waals surface area contributed by atoms with Crippen molar-refractivity contribution in [1.29, 1.82) is 0 Å². The minimum absolute atomic E-state index is 0.0637. The quantitative estimate of drug-likeness (QED) is 0.482. The lowest BCUT2D eigenvalue weighted by Crippen LogP contribution is -2.25. The van der Waals surface area contributed by atoms with Crippen LogP contribution in [0.5, 0.6) is 5.75 Å². The van der Waals surface area contributed by atoms with E-state index in [2.05, 4.69) is 9.72 Å². The molecule has 0 aliphatic carbocycles. The SMILES string of the molecule is COC(=O)[C@H](C)Oc1ccc([N+](=O)[O-])c2cccnc12. The lowest BCUT2D eigenvalue weighted by molar-refractivity contribution is -0.383. The smallest absolute Gasteiger partial charge is 0.346 e. The Bertz CT molecular complexity index is 671. The number of non-ortho nitro benzene ring substituents is 1. The van der Waals surface area contributed by atoms with E-state index in [0.29, 0.717) is 16.7 Å². The highest BCUT2D eigenvalue weighted by atomic mass is 16.6. The topological polar surface area (TPSA) is 91.6 Å². The van der Waals surface area contributed by atoms with Crippen LogP contribution in [0.15, 0.2) is 30.5 Å². The number of esters is 1. The molecule has 1 heterocycles. The van der Waals surface area contributed by atoms with Gasteiger partial charge in [0.15, 0.2) is 6.10 Å². The molecule has 20 heavy (non-hydrogen) atoms. The number of aromatic nitrogens is 1. The molecule has 0 saturated carbocycles. The molecule has 7 heteroatoms. The standard InChI is InChI=1S/C13H12N2O5/c1-8(13(16)19-2)20-11-6-5-10(15(17)18)9-4-3-7-14-12(9)11/h3-8H,1-2H3/t8-/m0/s1. The first-order valence-corrected chi connectivity index (χ1v) is 5.81. The molecule has 0 saturated heterocycles. The minimum Gasteiger partial charge on any atom is -0.477 e. The Labute approximate surface area is 114 Å². The number of methoxy groups -OCH3 is 1. The number of hydrogen-bond acceptors (Lipinski definition) is 6. The van der Waals surface area contributed by atoms with Gasteiger partial charge in [0.25, 0.3) is 5.69 Å². The Morgan fingerprint density at radius 1 is 1.40 bits per heavy atom. The monoisotopic (exact) mass is 276 g/mol. The zero-order chi connectivity index (χ0) is 14.7. The highest BCUT2D eigenvalue weighted by Crippen LogP contribution is 2.31.